The summed E-state index contributed by atoms with van der Waals surface area (Å²) in [5.74, 6) is 0.427. The van der Waals surface area contributed by atoms with Crippen molar-refractivity contribution >= 4 is 10.0 Å². The van der Waals surface area contributed by atoms with Gasteiger partial charge in [0.05, 0.1) is 0 Å². The molecular formula is C12H22N4O2S. The predicted molar refractivity (Wildman–Crippen MR) is 73.2 cm³/mol. The standard InChI is InChI=1S/C12H22N4O2S/c1-4-5-13-7-10-9(3)14-15-12(10)19(17,18)16-11-6-8(11)2/h8,11,13,16H,4-7H2,1-3H3,(H,14,15). The van der Waals surface area contributed by atoms with Crippen LogP contribution in [0.2, 0.25) is 0 Å². The summed E-state index contributed by atoms with van der Waals surface area (Å²) in [5.41, 5.74) is 1.53. The quantitative estimate of drug-likeness (QED) is 0.650. The minimum absolute atomic E-state index is 0.0680. The third kappa shape index (κ3) is 3.34. The van der Waals surface area contributed by atoms with Crippen LogP contribution < -0.4 is 10.0 Å². The second-order valence-corrected chi connectivity index (χ2v) is 6.88. The van der Waals surface area contributed by atoms with E-state index in [-0.39, 0.29) is 11.1 Å². The molecule has 1 fully saturated rings. The van der Waals surface area contributed by atoms with Gasteiger partial charge in [-0.05, 0) is 32.2 Å². The van der Waals surface area contributed by atoms with Crippen LogP contribution in [0.5, 0.6) is 0 Å². The van der Waals surface area contributed by atoms with Crippen molar-refractivity contribution in [2.45, 2.75) is 51.2 Å². The molecule has 0 aliphatic heterocycles. The predicted octanol–water partition coefficient (Wildman–Crippen LogP) is 0.904. The van der Waals surface area contributed by atoms with Gasteiger partial charge in [-0.15, -0.1) is 0 Å². The Labute approximate surface area is 114 Å². The van der Waals surface area contributed by atoms with E-state index in [0.717, 1.165) is 30.6 Å². The lowest BCUT2D eigenvalue weighted by Gasteiger charge is -2.07. The van der Waals surface area contributed by atoms with Crippen molar-refractivity contribution in [3.05, 3.63) is 11.3 Å². The van der Waals surface area contributed by atoms with Crippen LogP contribution in [0.3, 0.4) is 0 Å². The molecule has 2 unspecified atom stereocenters. The second-order valence-electron chi connectivity index (χ2n) is 5.25. The Morgan fingerprint density at radius 3 is 2.74 bits per heavy atom. The lowest BCUT2D eigenvalue weighted by atomic mass is 10.2. The number of nitrogens with one attached hydrogen (secondary N) is 3. The van der Waals surface area contributed by atoms with Gasteiger partial charge in [-0.25, -0.2) is 13.1 Å². The zero-order chi connectivity index (χ0) is 14.0. The largest absolute Gasteiger partial charge is 0.313 e. The van der Waals surface area contributed by atoms with Gasteiger partial charge < -0.3 is 5.32 Å². The number of sulfonamides is 1. The van der Waals surface area contributed by atoms with Crippen LogP contribution in [-0.2, 0) is 16.6 Å². The number of aryl methyl sites for hydroxylation is 1. The highest BCUT2D eigenvalue weighted by atomic mass is 32.2. The van der Waals surface area contributed by atoms with Crippen molar-refractivity contribution in [1.29, 1.82) is 0 Å². The van der Waals surface area contributed by atoms with E-state index < -0.39 is 10.0 Å². The summed E-state index contributed by atoms with van der Waals surface area (Å²) >= 11 is 0. The van der Waals surface area contributed by atoms with Gasteiger partial charge in [0.1, 0.15) is 0 Å². The lowest BCUT2D eigenvalue weighted by molar-refractivity contribution is 0.570. The van der Waals surface area contributed by atoms with Gasteiger partial charge in [-0.3, -0.25) is 5.10 Å². The van der Waals surface area contributed by atoms with Crippen LogP contribution in [0.15, 0.2) is 5.03 Å². The fourth-order valence-electron chi connectivity index (χ4n) is 1.99. The molecule has 19 heavy (non-hydrogen) atoms. The van der Waals surface area contributed by atoms with Gasteiger partial charge in [-0.1, -0.05) is 13.8 Å². The average Bonchev–Trinajstić information content (AvgIpc) is 2.86. The average molecular weight is 286 g/mol. The molecule has 6 nitrogen and oxygen atoms in total. The molecule has 1 aromatic rings. The van der Waals surface area contributed by atoms with Crippen molar-refractivity contribution in [2.24, 2.45) is 5.92 Å². The number of nitrogens with zero attached hydrogens (tertiary/aromatic N) is 1. The first-order valence-corrected chi connectivity index (χ1v) is 8.21. The Bertz CT molecular complexity index is 538. The highest BCUT2D eigenvalue weighted by molar-refractivity contribution is 7.89. The second kappa shape index (κ2) is 5.60. The third-order valence-electron chi connectivity index (χ3n) is 3.44. The maximum absolute atomic E-state index is 12.3. The molecule has 108 valence electrons. The first-order chi connectivity index (χ1) is 8.95. The summed E-state index contributed by atoms with van der Waals surface area (Å²) in [6, 6.07) is 0.0680. The van der Waals surface area contributed by atoms with E-state index in [0.29, 0.717) is 12.5 Å². The van der Waals surface area contributed by atoms with E-state index in [1.807, 2.05) is 13.8 Å². The SMILES string of the molecule is CCCNCc1c(S(=O)(=O)NC2CC2C)n[nH]c1C. The summed E-state index contributed by atoms with van der Waals surface area (Å²) in [6.07, 6.45) is 1.92. The summed E-state index contributed by atoms with van der Waals surface area (Å²) in [5, 5.41) is 10.1. The number of hydrogen-bond acceptors (Lipinski definition) is 4. The Morgan fingerprint density at radius 2 is 2.16 bits per heavy atom. The molecule has 0 bridgehead atoms. The number of aromatic nitrogens is 2. The Kier molecular flexibility index (Phi) is 4.27. The van der Waals surface area contributed by atoms with Crippen LogP contribution in [-0.4, -0.2) is 31.2 Å². The van der Waals surface area contributed by atoms with Gasteiger partial charge in [0.2, 0.25) is 0 Å². The normalized spacial score (nSPS) is 22.7. The van der Waals surface area contributed by atoms with Gasteiger partial charge in [0.15, 0.2) is 5.03 Å². The van der Waals surface area contributed by atoms with E-state index in [2.05, 4.69) is 27.2 Å². The molecule has 1 saturated carbocycles. The van der Waals surface area contributed by atoms with Gasteiger partial charge >= 0.3 is 0 Å². The Balaban J connectivity index is 2.14. The molecule has 2 rings (SSSR count). The Morgan fingerprint density at radius 1 is 1.47 bits per heavy atom. The molecule has 1 aliphatic carbocycles. The molecule has 2 atom stereocenters. The Hall–Kier alpha value is -0.920. The van der Waals surface area contributed by atoms with Crippen LogP contribution in [0, 0.1) is 12.8 Å². The first-order valence-electron chi connectivity index (χ1n) is 6.72. The zero-order valence-corrected chi connectivity index (χ0v) is 12.5. The molecule has 7 heteroatoms. The molecule has 0 radical (unpaired) electrons. The molecule has 1 aromatic heterocycles. The third-order valence-corrected chi connectivity index (χ3v) is 4.89. The summed E-state index contributed by atoms with van der Waals surface area (Å²) in [7, 11) is -3.51. The van der Waals surface area contributed by atoms with E-state index in [4.69, 9.17) is 0 Å². The minimum atomic E-state index is -3.51. The lowest BCUT2D eigenvalue weighted by Crippen LogP contribution is -2.28. The van der Waals surface area contributed by atoms with Crippen molar-refractivity contribution in [1.82, 2.24) is 20.2 Å². The molecular weight excluding hydrogens is 264 g/mol. The van der Waals surface area contributed by atoms with Crippen LogP contribution in [0.4, 0.5) is 0 Å². The van der Waals surface area contributed by atoms with Gasteiger partial charge in [0.25, 0.3) is 10.0 Å². The summed E-state index contributed by atoms with van der Waals surface area (Å²) < 4.78 is 27.2. The minimum Gasteiger partial charge on any atom is -0.313 e. The van der Waals surface area contributed by atoms with Crippen molar-refractivity contribution in [3.8, 4) is 0 Å². The van der Waals surface area contributed by atoms with Crippen LogP contribution in [0.25, 0.3) is 0 Å². The summed E-state index contributed by atoms with van der Waals surface area (Å²) in [6.45, 7) is 7.33. The van der Waals surface area contributed by atoms with Crippen LogP contribution >= 0.6 is 0 Å². The van der Waals surface area contributed by atoms with Crippen molar-refractivity contribution in [3.63, 3.8) is 0 Å². The van der Waals surface area contributed by atoms with Gasteiger partial charge in [-0.2, -0.15) is 5.10 Å². The monoisotopic (exact) mass is 286 g/mol. The van der Waals surface area contributed by atoms with Crippen molar-refractivity contribution in [2.75, 3.05) is 6.54 Å². The molecule has 0 amide bonds. The maximum Gasteiger partial charge on any atom is 0.260 e. The van der Waals surface area contributed by atoms with E-state index in [9.17, 15) is 8.42 Å². The summed E-state index contributed by atoms with van der Waals surface area (Å²) in [4.78, 5) is 0. The van der Waals surface area contributed by atoms with Gasteiger partial charge in [0, 0.05) is 23.8 Å². The van der Waals surface area contributed by atoms with Crippen molar-refractivity contribution < 1.29 is 8.42 Å². The first kappa shape index (κ1) is 14.5. The molecule has 3 N–H and O–H groups in total. The van der Waals surface area contributed by atoms with E-state index in [1.54, 1.807) is 0 Å². The maximum atomic E-state index is 12.3. The smallest absolute Gasteiger partial charge is 0.260 e. The zero-order valence-electron chi connectivity index (χ0n) is 11.7. The van der Waals surface area contributed by atoms with Crippen LogP contribution in [0.1, 0.15) is 37.9 Å². The number of hydrogen-bond donors (Lipinski definition) is 3. The fourth-order valence-corrected chi connectivity index (χ4v) is 3.55. The molecule has 1 heterocycles. The van der Waals surface area contributed by atoms with E-state index in [1.165, 1.54) is 0 Å². The number of H-pyrrole nitrogens is 1. The highest BCUT2D eigenvalue weighted by Gasteiger charge is 2.38. The highest BCUT2D eigenvalue weighted by Crippen LogP contribution is 2.31. The topological polar surface area (TPSA) is 86.9 Å². The van der Waals surface area contributed by atoms with E-state index >= 15 is 0 Å². The molecule has 1 aliphatic rings. The fraction of sp³-hybridized carbons (Fsp3) is 0.750. The number of rotatable bonds is 7. The molecule has 0 aromatic carbocycles. The number of aromatic amines is 1. The molecule has 0 saturated heterocycles. The molecule has 0 spiro atoms.